The molecule has 0 radical (unpaired) electrons. The maximum atomic E-state index is 12.1. The number of hydrogen-bond donors (Lipinski definition) is 0. The zero-order valence-corrected chi connectivity index (χ0v) is 20.7. The van der Waals surface area contributed by atoms with E-state index in [0.717, 1.165) is 35.3 Å². The van der Waals surface area contributed by atoms with Crippen LogP contribution in [0.4, 0.5) is 5.69 Å². The van der Waals surface area contributed by atoms with Crippen molar-refractivity contribution >= 4 is 11.6 Å². The molecule has 0 bridgehead atoms. The topological polar surface area (TPSA) is 101 Å². The van der Waals surface area contributed by atoms with Crippen molar-refractivity contribution in [1.82, 2.24) is 25.3 Å². The van der Waals surface area contributed by atoms with E-state index in [4.69, 9.17) is 8.83 Å². The Balaban J connectivity index is 1.21. The SMILES string of the molecule is O=C1CCCN1c1ccc(CN(Cc2nnc(-c3ccccc3)o2)Cc2nnc(-c3ccccc3)o2)cc1. The highest BCUT2D eigenvalue weighted by Gasteiger charge is 2.22. The van der Waals surface area contributed by atoms with Gasteiger partial charge >= 0.3 is 0 Å². The van der Waals surface area contributed by atoms with E-state index in [0.29, 0.717) is 49.6 Å². The average molecular weight is 507 g/mol. The molecule has 9 heteroatoms. The summed E-state index contributed by atoms with van der Waals surface area (Å²) < 4.78 is 11.9. The van der Waals surface area contributed by atoms with Gasteiger partial charge in [-0.15, -0.1) is 20.4 Å². The van der Waals surface area contributed by atoms with E-state index < -0.39 is 0 Å². The van der Waals surface area contributed by atoms with Crippen LogP contribution in [-0.4, -0.2) is 37.7 Å². The lowest BCUT2D eigenvalue weighted by Gasteiger charge is -2.20. The van der Waals surface area contributed by atoms with E-state index in [1.807, 2.05) is 89.8 Å². The van der Waals surface area contributed by atoms with Crippen molar-refractivity contribution in [3.05, 3.63) is 102 Å². The number of carbonyl (C=O) groups is 1. The number of hydrogen-bond acceptors (Lipinski definition) is 8. The van der Waals surface area contributed by atoms with Gasteiger partial charge in [0.1, 0.15) is 0 Å². The van der Waals surface area contributed by atoms with Crippen molar-refractivity contribution < 1.29 is 13.6 Å². The maximum absolute atomic E-state index is 12.1. The molecule has 0 unspecified atom stereocenters. The van der Waals surface area contributed by atoms with Gasteiger partial charge in [0.05, 0.1) is 13.1 Å². The summed E-state index contributed by atoms with van der Waals surface area (Å²) in [5, 5.41) is 17.0. The molecule has 0 saturated carbocycles. The second-order valence-electron chi connectivity index (χ2n) is 9.19. The molecule has 3 aromatic carbocycles. The van der Waals surface area contributed by atoms with E-state index in [-0.39, 0.29) is 5.91 Å². The fourth-order valence-electron chi connectivity index (χ4n) is 4.54. The summed E-state index contributed by atoms with van der Waals surface area (Å²) in [6.07, 6.45) is 1.51. The molecular formula is C29H26N6O3. The third kappa shape index (κ3) is 5.37. The van der Waals surface area contributed by atoms with Gasteiger partial charge in [-0.25, -0.2) is 0 Å². The number of benzene rings is 3. The lowest BCUT2D eigenvalue weighted by molar-refractivity contribution is -0.117. The third-order valence-corrected chi connectivity index (χ3v) is 6.42. The summed E-state index contributed by atoms with van der Waals surface area (Å²) in [5.41, 5.74) is 3.74. The Hall–Kier alpha value is -4.63. The van der Waals surface area contributed by atoms with Crippen LogP contribution in [0.5, 0.6) is 0 Å². The van der Waals surface area contributed by atoms with Crippen molar-refractivity contribution in [2.75, 3.05) is 11.4 Å². The molecule has 1 aliphatic heterocycles. The average Bonchev–Trinajstić information content (AvgIpc) is 3.72. The van der Waals surface area contributed by atoms with Crippen LogP contribution in [0.2, 0.25) is 0 Å². The first-order valence-electron chi connectivity index (χ1n) is 12.6. The molecule has 190 valence electrons. The second-order valence-corrected chi connectivity index (χ2v) is 9.19. The molecule has 1 saturated heterocycles. The molecule has 9 nitrogen and oxygen atoms in total. The van der Waals surface area contributed by atoms with Gasteiger partial charge in [-0.1, -0.05) is 48.5 Å². The summed E-state index contributed by atoms with van der Waals surface area (Å²) in [6.45, 7) is 2.15. The lowest BCUT2D eigenvalue weighted by atomic mass is 10.2. The zero-order chi connectivity index (χ0) is 25.7. The second kappa shape index (κ2) is 10.8. The highest BCUT2D eigenvalue weighted by Crippen LogP contribution is 2.24. The van der Waals surface area contributed by atoms with Crippen LogP contribution in [0, 0.1) is 0 Å². The van der Waals surface area contributed by atoms with Crippen LogP contribution in [0.3, 0.4) is 0 Å². The summed E-state index contributed by atoms with van der Waals surface area (Å²) in [6, 6.07) is 27.5. The van der Waals surface area contributed by atoms with Crippen LogP contribution in [0.25, 0.3) is 22.9 Å². The molecule has 0 atom stereocenters. The fraction of sp³-hybridized carbons (Fsp3) is 0.207. The quantitative estimate of drug-likeness (QED) is 0.272. The van der Waals surface area contributed by atoms with Crippen molar-refractivity contribution in [1.29, 1.82) is 0 Å². The summed E-state index contributed by atoms with van der Waals surface area (Å²) in [7, 11) is 0. The monoisotopic (exact) mass is 506 g/mol. The van der Waals surface area contributed by atoms with Crippen molar-refractivity contribution in [2.45, 2.75) is 32.5 Å². The Morgan fingerprint density at radius 1 is 0.684 bits per heavy atom. The van der Waals surface area contributed by atoms with Gasteiger partial charge in [0.2, 0.25) is 29.5 Å². The first-order chi connectivity index (χ1) is 18.7. The molecular weight excluding hydrogens is 480 g/mol. The minimum Gasteiger partial charge on any atom is -0.419 e. The number of amides is 1. The Bertz CT molecular complexity index is 1420. The van der Waals surface area contributed by atoms with Crippen LogP contribution in [0.15, 0.2) is 93.8 Å². The molecule has 3 heterocycles. The van der Waals surface area contributed by atoms with Gasteiger partial charge in [-0.2, -0.15) is 0 Å². The Morgan fingerprint density at radius 2 is 1.24 bits per heavy atom. The smallest absolute Gasteiger partial charge is 0.247 e. The van der Waals surface area contributed by atoms with Crippen molar-refractivity contribution in [2.24, 2.45) is 0 Å². The molecule has 6 rings (SSSR count). The van der Waals surface area contributed by atoms with E-state index in [1.165, 1.54) is 0 Å². The largest absolute Gasteiger partial charge is 0.419 e. The number of nitrogens with zero attached hydrogens (tertiary/aromatic N) is 6. The van der Waals surface area contributed by atoms with Gasteiger partial charge in [-0.05, 0) is 48.4 Å². The van der Waals surface area contributed by atoms with Gasteiger partial charge in [-0.3, -0.25) is 9.69 Å². The molecule has 0 N–H and O–H groups in total. The molecule has 1 aliphatic rings. The van der Waals surface area contributed by atoms with E-state index in [2.05, 4.69) is 25.3 Å². The molecule has 38 heavy (non-hydrogen) atoms. The lowest BCUT2D eigenvalue weighted by Crippen LogP contribution is -2.24. The third-order valence-electron chi connectivity index (χ3n) is 6.42. The summed E-state index contributed by atoms with van der Waals surface area (Å²) in [4.78, 5) is 16.1. The first-order valence-corrected chi connectivity index (χ1v) is 12.6. The Morgan fingerprint density at radius 3 is 1.74 bits per heavy atom. The number of rotatable bonds is 9. The highest BCUT2D eigenvalue weighted by atomic mass is 16.4. The number of anilines is 1. The van der Waals surface area contributed by atoms with Crippen LogP contribution in [-0.2, 0) is 24.4 Å². The number of carbonyl (C=O) groups excluding carboxylic acids is 1. The molecule has 5 aromatic rings. The molecule has 1 amide bonds. The maximum Gasteiger partial charge on any atom is 0.247 e. The van der Waals surface area contributed by atoms with Crippen molar-refractivity contribution in [3.63, 3.8) is 0 Å². The first kappa shape index (κ1) is 23.7. The van der Waals surface area contributed by atoms with E-state index in [1.54, 1.807) is 0 Å². The molecule has 1 fully saturated rings. The summed E-state index contributed by atoms with van der Waals surface area (Å²) in [5.74, 6) is 2.11. The van der Waals surface area contributed by atoms with Crippen LogP contribution in [0.1, 0.15) is 30.2 Å². The van der Waals surface area contributed by atoms with E-state index in [9.17, 15) is 4.79 Å². The Kier molecular flexibility index (Phi) is 6.73. The van der Waals surface area contributed by atoms with Crippen LogP contribution >= 0.6 is 0 Å². The normalized spacial score (nSPS) is 13.5. The fourth-order valence-corrected chi connectivity index (χ4v) is 4.54. The van der Waals surface area contributed by atoms with Gasteiger partial charge in [0, 0.05) is 36.3 Å². The molecule has 2 aromatic heterocycles. The van der Waals surface area contributed by atoms with Gasteiger partial charge in [0.15, 0.2) is 0 Å². The minimum absolute atomic E-state index is 0.176. The van der Waals surface area contributed by atoms with Crippen LogP contribution < -0.4 is 4.90 Å². The predicted octanol–water partition coefficient (Wildman–Crippen LogP) is 5.12. The standard InChI is InChI=1S/C29H26N6O3/c36-27-12-7-17-35(27)24-15-13-21(14-16-24)18-34(19-25-30-32-28(37-25)22-8-3-1-4-9-22)20-26-31-33-29(38-26)23-10-5-2-6-11-23/h1-6,8-11,13-16H,7,12,17-20H2. The summed E-state index contributed by atoms with van der Waals surface area (Å²) >= 11 is 0. The zero-order valence-electron chi connectivity index (χ0n) is 20.7. The van der Waals surface area contributed by atoms with E-state index >= 15 is 0 Å². The number of aromatic nitrogens is 4. The highest BCUT2D eigenvalue weighted by molar-refractivity contribution is 5.95. The van der Waals surface area contributed by atoms with Crippen molar-refractivity contribution in [3.8, 4) is 22.9 Å². The minimum atomic E-state index is 0.176. The molecule has 0 aliphatic carbocycles. The molecule has 0 spiro atoms. The predicted molar refractivity (Wildman–Crippen MR) is 140 cm³/mol. The Labute approximate surface area is 219 Å². The van der Waals surface area contributed by atoms with Gasteiger partial charge in [0.25, 0.3) is 0 Å². The van der Waals surface area contributed by atoms with Gasteiger partial charge < -0.3 is 13.7 Å².